The molecule has 0 aromatic heterocycles. The van der Waals surface area contributed by atoms with Crippen LogP contribution in [0.1, 0.15) is 72.6 Å². The number of terminal acetylenes is 3. The van der Waals surface area contributed by atoms with E-state index in [-0.39, 0.29) is 11.3 Å². The lowest BCUT2D eigenvalue weighted by molar-refractivity contribution is 0.253. The van der Waals surface area contributed by atoms with Crippen molar-refractivity contribution >= 4 is 0 Å². The van der Waals surface area contributed by atoms with Gasteiger partial charge in [-0.3, -0.25) is 0 Å². The monoisotopic (exact) mass is 332 g/mol. The SMILES string of the molecule is C#CCCCC(C#CC(C)(CC(C)C#C)C(C)CC#C)CCC#CC. The summed E-state index contributed by atoms with van der Waals surface area (Å²) in [6, 6.07) is 0. The Morgan fingerprint density at radius 3 is 2.28 bits per heavy atom. The molecule has 0 bridgehead atoms. The first-order chi connectivity index (χ1) is 11.9. The van der Waals surface area contributed by atoms with Crippen LogP contribution in [-0.2, 0) is 0 Å². The van der Waals surface area contributed by atoms with Crippen LogP contribution in [0.4, 0.5) is 0 Å². The first kappa shape index (κ1) is 22.8. The van der Waals surface area contributed by atoms with Crippen molar-refractivity contribution in [1.82, 2.24) is 0 Å². The normalized spacial score (nSPS) is 15.4. The number of unbranched alkanes of at least 4 members (excludes halogenated alkanes) is 1. The van der Waals surface area contributed by atoms with Gasteiger partial charge in [-0.1, -0.05) is 25.7 Å². The van der Waals surface area contributed by atoms with Crippen molar-refractivity contribution < 1.29 is 0 Å². The van der Waals surface area contributed by atoms with Gasteiger partial charge in [-0.05, 0) is 45.4 Å². The zero-order valence-electron chi connectivity index (χ0n) is 16.4. The van der Waals surface area contributed by atoms with Gasteiger partial charge in [0.1, 0.15) is 0 Å². The minimum atomic E-state index is -0.168. The second-order valence-corrected chi connectivity index (χ2v) is 7.03. The first-order valence-electron chi connectivity index (χ1n) is 9.18. The van der Waals surface area contributed by atoms with Gasteiger partial charge in [0, 0.05) is 36.5 Å². The van der Waals surface area contributed by atoms with E-state index in [0.29, 0.717) is 18.3 Å². The molecule has 0 heterocycles. The molecule has 0 aliphatic heterocycles. The molecular weight excluding hydrogens is 300 g/mol. The minimum Gasteiger partial charge on any atom is -0.120 e. The molecule has 0 fully saturated rings. The van der Waals surface area contributed by atoms with Gasteiger partial charge in [0.2, 0.25) is 0 Å². The van der Waals surface area contributed by atoms with Crippen LogP contribution in [0.25, 0.3) is 0 Å². The topological polar surface area (TPSA) is 0 Å². The average Bonchev–Trinajstić information content (AvgIpc) is 2.59. The van der Waals surface area contributed by atoms with Crippen LogP contribution >= 0.6 is 0 Å². The molecule has 0 saturated carbocycles. The fourth-order valence-corrected chi connectivity index (χ4v) is 2.85. The van der Waals surface area contributed by atoms with Gasteiger partial charge in [0.05, 0.1) is 0 Å². The van der Waals surface area contributed by atoms with Crippen LogP contribution in [0.2, 0.25) is 0 Å². The van der Waals surface area contributed by atoms with Gasteiger partial charge in [-0.2, -0.15) is 0 Å². The van der Waals surface area contributed by atoms with Crippen molar-refractivity contribution in [2.24, 2.45) is 23.2 Å². The molecule has 132 valence electrons. The Morgan fingerprint density at radius 1 is 1.00 bits per heavy atom. The third-order valence-electron chi connectivity index (χ3n) is 4.76. The smallest absolute Gasteiger partial charge is 0.0332 e. The third kappa shape index (κ3) is 9.62. The Morgan fingerprint density at radius 2 is 1.72 bits per heavy atom. The summed E-state index contributed by atoms with van der Waals surface area (Å²) in [6.07, 6.45) is 22.8. The number of hydrogen-bond acceptors (Lipinski definition) is 0. The maximum atomic E-state index is 5.60. The summed E-state index contributed by atoms with van der Waals surface area (Å²) in [5, 5.41) is 0. The van der Waals surface area contributed by atoms with Gasteiger partial charge in [-0.25, -0.2) is 0 Å². The fraction of sp³-hybridized carbons (Fsp3) is 0.600. The first-order valence-corrected chi connectivity index (χ1v) is 9.18. The summed E-state index contributed by atoms with van der Waals surface area (Å²) < 4.78 is 0. The summed E-state index contributed by atoms with van der Waals surface area (Å²) in [5.74, 6) is 22.3. The molecule has 0 N–H and O–H groups in total. The molecule has 0 spiro atoms. The molecule has 0 saturated heterocycles. The summed E-state index contributed by atoms with van der Waals surface area (Å²) in [5.41, 5.74) is -0.168. The Hall–Kier alpha value is -2.20. The lowest BCUT2D eigenvalue weighted by Crippen LogP contribution is -2.26. The van der Waals surface area contributed by atoms with Crippen LogP contribution in [-0.4, -0.2) is 0 Å². The fourth-order valence-electron chi connectivity index (χ4n) is 2.85. The van der Waals surface area contributed by atoms with E-state index in [9.17, 15) is 0 Å². The zero-order valence-corrected chi connectivity index (χ0v) is 16.4. The van der Waals surface area contributed by atoms with Crippen LogP contribution in [0.5, 0.6) is 0 Å². The highest BCUT2D eigenvalue weighted by Gasteiger charge is 2.30. The number of hydrogen-bond donors (Lipinski definition) is 0. The standard InChI is InChI=1S/C25H32/c1-8-12-14-17-24(18-15-13-9-2)19-20-25(7,21-22(5)11-4)23(6)16-10-3/h1,3-4,22-24H,12,14-18,21H2,2,5-7H3. The van der Waals surface area contributed by atoms with Gasteiger partial charge >= 0.3 is 0 Å². The van der Waals surface area contributed by atoms with Crippen molar-refractivity contribution in [3.8, 4) is 60.7 Å². The van der Waals surface area contributed by atoms with Crippen molar-refractivity contribution in [2.75, 3.05) is 0 Å². The molecule has 0 aromatic carbocycles. The molecule has 0 radical (unpaired) electrons. The van der Waals surface area contributed by atoms with Crippen molar-refractivity contribution in [2.45, 2.75) is 72.6 Å². The molecule has 4 atom stereocenters. The highest BCUT2D eigenvalue weighted by molar-refractivity contribution is 5.17. The van der Waals surface area contributed by atoms with Gasteiger partial charge in [-0.15, -0.1) is 48.9 Å². The average molecular weight is 333 g/mol. The third-order valence-corrected chi connectivity index (χ3v) is 4.76. The molecule has 0 aromatic rings. The molecule has 0 heteroatoms. The van der Waals surface area contributed by atoms with Gasteiger partial charge in [0.25, 0.3) is 0 Å². The number of rotatable bonds is 9. The predicted octanol–water partition coefficient (Wildman–Crippen LogP) is 5.54. The molecule has 0 rings (SSSR count). The Bertz CT molecular complexity index is 622. The summed E-state index contributed by atoms with van der Waals surface area (Å²) >= 11 is 0. The van der Waals surface area contributed by atoms with Crippen molar-refractivity contribution in [3.63, 3.8) is 0 Å². The summed E-state index contributed by atoms with van der Waals surface area (Å²) in [4.78, 5) is 0. The van der Waals surface area contributed by atoms with Crippen LogP contribution < -0.4 is 0 Å². The van der Waals surface area contributed by atoms with Gasteiger partial charge in [0.15, 0.2) is 0 Å². The van der Waals surface area contributed by atoms with E-state index in [0.717, 1.165) is 38.5 Å². The van der Waals surface area contributed by atoms with Crippen LogP contribution in [0.15, 0.2) is 0 Å². The molecular formula is C25H32. The lowest BCUT2D eigenvalue weighted by atomic mass is 9.71. The van der Waals surface area contributed by atoms with E-state index in [1.54, 1.807) is 0 Å². The van der Waals surface area contributed by atoms with Crippen LogP contribution in [0, 0.1) is 83.9 Å². The molecule has 25 heavy (non-hydrogen) atoms. The van der Waals surface area contributed by atoms with Crippen molar-refractivity contribution in [1.29, 1.82) is 0 Å². The van der Waals surface area contributed by atoms with E-state index in [1.807, 2.05) is 6.92 Å². The van der Waals surface area contributed by atoms with E-state index < -0.39 is 0 Å². The predicted molar refractivity (Wildman–Crippen MR) is 110 cm³/mol. The Balaban J connectivity index is 5.34. The quantitative estimate of drug-likeness (QED) is 0.384. The highest BCUT2D eigenvalue weighted by Crippen LogP contribution is 2.36. The molecule has 0 aliphatic rings. The minimum absolute atomic E-state index is 0.168. The molecule has 0 nitrogen and oxygen atoms in total. The second-order valence-electron chi connectivity index (χ2n) is 7.03. The summed E-state index contributed by atoms with van der Waals surface area (Å²) in [7, 11) is 0. The Kier molecular flexibility index (Phi) is 12.0. The van der Waals surface area contributed by atoms with E-state index >= 15 is 0 Å². The van der Waals surface area contributed by atoms with E-state index in [4.69, 9.17) is 19.3 Å². The maximum absolute atomic E-state index is 5.60. The lowest BCUT2D eigenvalue weighted by Gasteiger charge is -2.31. The largest absolute Gasteiger partial charge is 0.120 e. The van der Waals surface area contributed by atoms with Gasteiger partial charge < -0.3 is 0 Å². The second kappa shape index (κ2) is 13.1. The maximum Gasteiger partial charge on any atom is 0.0332 e. The summed E-state index contributed by atoms with van der Waals surface area (Å²) in [6.45, 7) is 8.32. The van der Waals surface area contributed by atoms with Crippen LogP contribution in [0.3, 0.4) is 0 Å². The highest BCUT2D eigenvalue weighted by atomic mass is 14.3. The molecule has 0 amide bonds. The zero-order chi connectivity index (χ0) is 19.1. The van der Waals surface area contributed by atoms with E-state index in [1.165, 1.54) is 0 Å². The Labute approximate surface area is 156 Å². The molecule has 0 aliphatic carbocycles. The van der Waals surface area contributed by atoms with E-state index in [2.05, 4.69) is 62.2 Å². The van der Waals surface area contributed by atoms with Crippen molar-refractivity contribution in [3.05, 3.63) is 0 Å². The molecule has 4 unspecified atom stereocenters.